The highest BCUT2D eigenvalue weighted by atomic mass is 79.9. The van der Waals surface area contributed by atoms with E-state index in [2.05, 4.69) is 15.9 Å². The van der Waals surface area contributed by atoms with Crippen molar-refractivity contribution in [1.29, 1.82) is 0 Å². The molecule has 0 aliphatic rings. The summed E-state index contributed by atoms with van der Waals surface area (Å²) in [5.41, 5.74) is 0.898. The largest absolute Gasteiger partial charge is 0.497 e. The zero-order valence-electron chi connectivity index (χ0n) is 7.21. The van der Waals surface area contributed by atoms with Crippen LogP contribution < -0.4 is 4.74 Å². The number of hydrogen-bond donors (Lipinski definition) is 0. The minimum atomic E-state index is 0.740. The average molecular weight is 241 g/mol. The summed E-state index contributed by atoms with van der Waals surface area (Å²) >= 11 is 3.35. The van der Waals surface area contributed by atoms with Gasteiger partial charge in [-0.15, -0.1) is 0 Å². The van der Waals surface area contributed by atoms with E-state index in [1.165, 1.54) is 0 Å². The molecule has 1 heterocycles. The lowest BCUT2D eigenvalue weighted by atomic mass is 10.2. The maximum absolute atomic E-state index is 5.51. The normalized spacial score (nSPS) is 10.6. The van der Waals surface area contributed by atoms with Gasteiger partial charge in [-0.1, -0.05) is 15.9 Å². The molecule has 13 heavy (non-hydrogen) atoms. The lowest BCUT2D eigenvalue weighted by molar-refractivity contribution is 0.415. The van der Waals surface area contributed by atoms with Gasteiger partial charge in [0.05, 0.1) is 12.4 Å². The number of methoxy groups -OCH3 is 1. The van der Waals surface area contributed by atoms with Crippen LogP contribution in [0, 0.1) is 0 Å². The first-order valence-electron chi connectivity index (χ1n) is 3.96. The molecule has 0 radical (unpaired) electrons. The first kappa shape index (κ1) is 8.63. The molecule has 2 aromatic rings. The number of ether oxygens (including phenoxy) is 1. The molecule has 0 bridgehead atoms. The van der Waals surface area contributed by atoms with Gasteiger partial charge >= 0.3 is 0 Å². The minimum Gasteiger partial charge on any atom is -0.497 e. The first-order chi connectivity index (χ1) is 6.33. The van der Waals surface area contributed by atoms with E-state index in [-0.39, 0.29) is 0 Å². The van der Waals surface area contributed by atoms with Crippen LogP contribution in [0.1, 0.15) is 5.76 Å². The second-order valence-corrected chi connectivity index (χ2v) is 3.31. The summed E-state index contributed by atoms with van der Waals surface area (Å²) in [6.07, 6.45) is 0. The third-order valence-electron chi connectivity index (χ3n) is 1.91. The number of benzene rings is 1. The molecule has 0 aliphatic carbocycles. The monoisotopic (exact) mass is 240 g/mol. The predicted molar refractivity (Wildman–Crippen MR) is 55.4 cm³/mol. The Morgan fingerprint density at radius 3 is 2.92 bits per heavy atom. The zero-order valence-corrected chi connectivity index (χ0v) is 8.80. The molecule has 0 fully saturated rings. The zero-order chi connectivity index (χ0) is 9.26. The number of hydrogen-bond acceptors (Lipinski definition) is 2. The number of furan rings is 1. The maximum atomic E-state index is 5.51. The van der Waals surface area contributed by atoms with E-state index in [0.717, 1.165) is 27.8 Å². The van der Waals surface area contributed by atoms with Crippen LogP contribution in [0.4, 0.5) is 0 Å². The highest BCUT2D eigenvalue weighted by molar-refractivity contribution is 9.08. The molecule has 2 rings (SSSR count). The molecule has 68 valence electrons. The van der Waals surface area contributed by atoms with Gasteiger partial charge in [0, 0.05) is 5.39 Å². The highest BCUT2D eigenvalue weighted by Gasteiger charge is 2.02. The summed E-state index contributed by atoms with van der Waals surface area (Å²) < 4.78 is 10.6. The minimum absolute atomic E-state index is 0.740. The van der Waals surface area contributed by atoms with Crippen molar-refractivity contribution in [2.24, 2.45) is 0 Å². The average Bonchev–Trinajstić information content (AvgIpc) is 2.58. The molecular weight excluding hydrogens is 232 g/mol. The molecule has 1 aromatic heterocycles. The van der Waals surface area contributed by atoms with E-state index in [9.17, 15) is 0 Å². The van der Waals surface area contributed by atoms with E-state index in [0.29, 0.717) is 0 Å². The molecule has 0 spiro atoms. The Balaban J connectivity index is 2.57. The Morgan fingerprint density at radius 1 is 1.38 bits per heavy atom. The fourth-order valence-electron chi connectivity index (χ4n) is 1.27. The first-order valence-corrected chi connectivity index (χ1v) is 5.08. The molecule has 2 nitrogen and oxygen atoms in total. The van der Waals surface area contributed by atoms with Gasteiger partial charge in [-0.05, 0) is 24.3 Å². The summed E-state index contributed by atoms with van der Waals surface area (Å²) in [5, 5.41) is 1.82. The van der Waals surface area contributed by atoms with Crippen LogP contribution in [-0.4, -0.2) is 7.11 Å². The Bertz CT molecular complexity index is 418. The topological polar surface area (TPSA) is 22.4 Å². The van der Waals surface area contributed by atoms with Crippen molar-refractivity contribution in [3.8, 4) is 5.75 Å². The molecule has 0 unspecified atom stereocenters. The van der Waals surface area contributed by atoms with Crippen molar-refractivity contribution in [3.05, 3.63) is 30.0 Å². The lowest BCUT2D eigenvalue weighted by Crippen LogP contribution is -1.79. The van der Waals surface area contributed by atoms with Crippen LogP contribution in [0.15, 0.2) is 28.7 Å². The van der Waals surface area contributed by atoms with Gasteiger partial charge in [-0.3, -0.25) is 0 Å². The van der Waals surface area contributed by atoms with Crippen LogP contribution in [-0.2, 0) is 5.33 Å². The van der Waals surface area contributed by atoms with Gasteiger partial charge in [-0.25, -0.2) is 0 Å². The lowest BCUT2D eigenvalue weighted by Gasteiger charge is -1.96. The SMILES string of the molecule is COc1ccc2oc(CBr)cc2c1. The summed E-state index contributed by atoms with van der Waals surface area (Å²) in [7, 11) is 1.66. The third kappa shape index (κ3) is 1.56. The van der Waals surface area contributed by atoms with Crippen molar-refractivity contribution in [3.63, 3.8) is 0 Å². The van der Waals surface area contributed by atoms with Crippen molar-refractivity contribution >= 4 is 26.9 Å². The molecule has 3 heteroatoms. The van der Waals surface area contributed by atoms with Crippen molar-refractivity contribution < 1.29 is 9.15 Å². The Morgan fingerprint density at radius 2 is 2.23 bits per heavy atom. The van der Waals surface area contributed by atoms with Gasteiger partial charge in [-0.2, -0.15) is 0 Å². The molecule has 0 aliphatic heterocycles. The molecular formula is C10H9BrO2. The van der Waals surface area contributed by atoms with Crippen LogP contribution in [0.2, 0.25) is 0 Å². The maximum Gasteiger partial charge on any atom is 0.134 e. The van der Waals surface area contributed by atoms with E-state index in [4.69, 9.17) is 9.15 Å². The number of alkyl halides is 1. The van der Waals surface area contributed by atoms with E-state index < -0.39 is 0 Å². The molecule has 0 N–H and O–H groups in total. The second-order valence-electron chi connectivity index (χ2n) is 2.75. The van der Waals surface area contributed by atoms with Crippen LogP contribution in [0.3, 0.4) is 0 Å². The van der Waals surface area contributed by atoms with E-state index >= 15 is 0 Å². The molecule has 1 aromatic carbocycles. The van der Waals surface area contributed by atoms with Crippen LogP contribution in [0.25, 0.3) is 11.0 Å². The smallest absolute Gasteiger partial charge is 0.134 e. The number of fused-ring (bicyclic) bond motifs is 1. The van der Waals surface area contributed by atoms with E-state index in [1.54, 1.807) is 7.11 Å². The molecule has 0 amide bonds. The quantitative estimate of drug-likeness (QED) is 0.752. The van der Waals surface area contributed by atoms with Gasteiger partial charge in [0.25, 0.3) is 0 Å². The van der Waals surface area contributed by atoms with Crippen molar-refractivity contribution in [2.45, 2.75) is 5.33 Å². The predicted octanol–water partition coefficient (Wildman–Crippen LogP) is 3.34. The standard InChI is InChI=1S/C10H9BrO2/c1-12-8-2-3-10-7(4-8)5-9(6-11)13-10/h2-5H,6H2,1H3. The summed E-state index contributed by atoms with van der Waals surface area (Å²) in [5.74, 6) is 1.79. The van der Waals surface area contributed by atoms with Gasteiger partial charge in [0.1, 0.15) is 17.1 Å². The Hall–Kier alpha value is -0.960. The molecule has 0 saturated heterocycles. The van der Waals surface area contributed by atoms with Crippen LogP contribution >= 0.6 is 15.9 Å². The summed E-state index contributed by atoms with van der Waals surface area (Å²) in [6, 6.07) is 7.78. The summed E-state index contributed by atoms with van der Waals surface area (Å²) in [4.78, 5) is 0. The Kier molecular flexibility index (Phi) is 2.27. The number of halogens is 1. The molecule has 0 atom stereocenters. The van der Waals surface area contributed by atoms with Crippen molar-refractivity contribution in [2.75, 3.05) is 7.11 Å². The summed E-state index contributed by atoms with van der Waals surface area (Å²) in [6.45, 7) is 0. The van der Waals surface area contributed by atoms with E-state index in [1.807, 2.05) is 24.3 Å². The molecule has 0 saturated carbocycles. The van der Waals surface area contributed by atoms with Crippen molar-refractivity contribution in [1.82, 2.24) is 0 Å². The highest BCUT2D eigenvalue weighted by Crippen LogP contribution is 2.24. The fraction of sp³-hybridized carbons (Fsp3) is 0.200. The number of rotatable bonds is 2. The van der Waals surface area contributed by atoms with Crippen LogP contribution in [0.5, 0.6) is 5.75 Å². The fourth-order valence-corrected chi connectivity index (χ4v) is 1.55. The second kappa shape index (κ2) is 3.42. The van der Waals surface area contributed by atoms with Gasteiger partial charge < -0.3 is 9.15 Å². The third-order valence-corrected chi connectivity index (χ3v) is 2.46. The van der Waals surface area contributed by atoms with Gasteiger partial charge in [0.2, 0.25) is 0 Å². The van der Waals surface area contributed by atoms with Gasteiger partial charge in [0.15, 0.2) is 0 Å². The Labute approximate surface area is 84.6 Å².